The third-order valence-corrected chi connectivity index (χ3v) is 4.16. The number of nitrogens with one attached hydrogen (secondary N) is 1. The first-order valence-corrected chi connectivity index (χ1v) is 9.19. The molecule has 0 radical (unpaired) electrons. The molecule has 1 N–H and O–H groups in total. The lowest BCUT2D eigenvalue weighted by Crippen LogP contribution is -2.33. The van der Waals surface area contributed by atoms with Crippen molar-refractivity contribution in [1.82, 2.24) is 0 Å². The second-order valence-electron chi connectivity index (χ2n) is 6.90. The molecule has 0 saturated carbocycles. The van der Waals surface area contributed by atoms with Gasteiger partial charge in [-0.25, -0.2) is 0 Å². The van der Waals surface area contributed by atoms with Gasteiger partial charge in [0.05, 0.1) is 6.10 Å². The molecule has 0 aliphatic heterocycles. The summed E-state index contributed by atoms with van der Waals surface area (Å²) in [6, 6.07) is 13.2. The average Bonchev–Trinajstić information content (AvgIpc) is 2.58. The molecule has 5 nitrogen and oxygen atoms in total. The van der Waals surface area contributed by atoms with Gasteiger partial charge < -0.3 is 15.0 Å². The number of rotatable bonds is 7. The first kappa shape index (κ1) is 20.5. The molecule has 0 spiro atoms. The number of hydrogen-bond donors (Lipinski definition) is 1. The van der Waals surface area contributed by atoms with E-state index < -0.39 is 0 Å². The summed E-state index contributed by atoms with van der Waals surface area (Å²) < 4.78 is 5.59. The number of hydrogen-bond acceptors (Lipinski definition) is 3. The minimum Gasteiger partial charge on any atom is -0.491 e. The minimum atomic E-state index is -0.134. The van der Waals surface area contributed by atoms with E-state index >= 15 is 0 Å². The molecular formula is C22H28N2O3. The number of benzene rings is 2. The number of para-hydroxylation sites is 1. The predicted molar refractivity (Wildman–Crippen MR) is 109 cm³/mol. The largest absolute Gasteiger partial charge is 0.491 e. The molecule has 2 aromatic carbocycles. The minimum absolute atomic E-state index is 0.0737. The summed E-state index contributed by atoms with van der Waals surface area (Å²) in [5.74, 6) is 0.557. The molecule has 0 bridgehead atoms. The summed E-state index contributed by atoms with van der Waals surface area (Å²) in [7, 11) is 0. The van der Waals surface area contributed by atoms with Gasteiger partial charge in [-0.1, -0.05) is 18.2 Å². The number of ether oxygens (including phenoxy) is 1. The van der Waals surface area contributed by atoms with Crippen LogP contribution in [0.2, 0.25) is 0 Å². The van der Waals surface area contributed by atoms with Crippen molar-refractivity contribution in [1.29, 1.82) is 0 Å². The van der Waals surface area contributed by atoms with Gasteiger partial charge in [-0.3, -0.25) is 9.59 Å². The zero-order valence-electron chi connectivity index (χ0n) is 16.7. The van der Waals surface area contributed by atoms with E-state index in [0.717, 1.165) is 22.6 Å². The maximum atomic E-state index is 12.3. The average molecular weight is 368 g/mol. The highest BCUT2D eigenvalue weighted by Crippen LogP contribution is 2.25. The molecule has 0 aliphatic carbocycles. The third-order valence-electron chi connectivity index (χ3n) is 4.16. The lowest BCUT2D eigenvalue weighted by Gasteiger charge is -2.25. The van der Waals surface area contributed by atoms with Gasteiger partial charge in [-0.2, -0.15) is 0 Å². The number of carbonyl (C=O) groups is 2. The van der Waals surface area contributed by atoms with Crippen molar-refractivity contribution in [2.75, 3.05) is 16.8 Å². The smallest absolute Gasteiger partial charge is 0.226 e. The van der Waals surface area contributed by atoms with Crippen LogP contribution in [0.4, 0.5) is 11.4 Å². The fourth-order valence-corrected chi connectivity index (χ4v) is 2.98. The second kappa shape index (κ2) is 9.21. The Labute approximate surface area is 161 Å². The Bertz CT molecular complexity index is 777. The van der Waals surface area contributed by atoms with E-state index in [2.05, 4.69) is 5.32 Å². The molecule has 2 aromatic rings. The van der Waals surface area contributed by atoms with E-state index in [4.69, 9.17) is 4.74 Å². The van der Waals surface area contributed by atoms with Crippen LogP contribution in [0.25, 0.3) is 0 Å². The van der Waals surface area contributed by atoms with Crippen LogP contribution in [-0.4, -0.2) is 24.5 Å². The molecule has 0 aromatic heterocycles. The van der Waals surface area contributed by atoms with Crippen LogP contribution in [0.15, 0.2) is 42.5 Å². The maximum absolute atomic E-state index is 12.3. The number of aryl methyl sites for hydroxylation is 2. The SMILES string of the molecule is CC(=O)N(CCC(=O)Nc1ccc(OC(C)C)cc1)c1c(C)cccc1C. The molecule has 0 heterocycles. The molecule has 0 atom stereocenters. The Morgan fingerprint density at radius 3 is 2.15 bits per heavy atom. The van der Waals surface area contributed by atoms with Crippen LogP contribution in [0.5, 0.6) is 5.75 Å². The number of carbonyl (C=O) groups excluding carboxylic acids is 2. The molecule has 0 fully saturated rings. The van der Waals surface area contributed by atoms with Crippen molar-refractivity contribution < 1.29 is 14.3 Å². The molecule has 2 amide bonds. The highest BCUT2D eigenvalue weighted by molar-refractivity contribution is 5.95. The van der Waals surface area contributed by atoms with Gasteiger partial charge in [0.25, 0.3) is 0 Å². The summed E-state index contributed by atoms with van der Waals surface area (Å²) in [5.41, 5.74) is 3.63. The first-order valence-electron chi connectivity index (χ1n) is 9.19. The first-order chi connectivity index (χ1) is 12.8. The van der Waals surface area contributed by atoms with Gasteiger partial charge in [0.2, 0.25) is 11.8 Å². The molecule has 2 rings (SSSR count). The van der Waals surface area contributed by atoms with E-state index in [1.165, 1.54) is 6.92 Å². The van der Waals surface area contributed by atoms with E-state index in [-0.39, 0.29) is 24.3 Å². The van der Waals surface area contributed by atoms with Crippen LogP contribution in [-0.2, 0) is 9.59 Å². The summed E-state index contributed by atoms with van der Waals surface area (Å²) >= 11 is 0. The lowest BCUT2D eigenvalue weighted by molar-refractivity contribution is -0.117. The fourth-order valence-electron chi connectivity index (χ4n) is 2.98. The molecule has 0 aliphatic rings. The lowest BCUT2D eigenvalue weighted by atomic mass is 10.1. The molecule has 0 saturated heterocycles. The second-order valence-corrected chi connectivity index (χ2v) is 6.90. The summed E-state index contributed by atoms with van der Waals surface area (Å²) in [6.07, 6.45) is 0.324. The predicted octanol–water partition coefficient (Wildman–Crippen LogP) is 4.47. The third kappa shape index (κ3) is 5.84. The van der Waals surface area contributed by atoms with Crippen LogP contribution in [0.3, 0.4) is 0 Å². The molecule has 5 heteroatoms. The van der Waals surface area contributed by atoms with E-state index in [1.54, 1.807) is 4.90 Å². The van der Waals surface area contributed by atoms with Crippen molar-refractivity contribution in [3.8, 4) is 5.75 Å². The molecular weight excluding hydrogens is 340 g/mol. The van der Waals surface area contributed by atoms with Crippen molar-refractivity contribution in [2.45, 2.75) is 47.1 Å². The van der Waals surface area contributed by atoms with Crippen LogP contribution in [0.1, 0.15) is 38.3 Å². The number of amides is 2. The van der Waals surface area contributed by atoms with Crippen molar-refractivity contribution in [2.24, 2.45) is 0 Å². The van der Waals surface area contributed by atoms with E-state index in [9.17, 15) is 9.59 Å². The van der Waals surface area contributed by atoms with Crippen molar-refractivity contribution >= 4 is 23.2 Å². The van der Waals surface area contributed by atoms with Gasteiger partial charge in [0.15, 0.2) is 0 Å². The standard InChI is InChI=1S/C22H28N2O3/c1-15(2)27-20-11-9-19(10-12-20)23-21(26)13-14-24(18(5)25)22-16(3)7-6-8-17(22)4/h6-12,15H,13-14H2,1-5H3,(H,23,26). The highest BCUT2D eigenvalue weighted by Gasteiger charge is 2.17. The summed E-state index contributed by atoms with van der Waals surface area (Å²) in [4.78, 5) is 26.1. The number of nitrogens with zero attached hydrogens (tertiary/aromatic N) is 1. The molecule has 27 heavy (non-hydrogen) atoms. The Balaban J connectivity index is 1.99. The van der Waals surface area contributed by atoms with Crippen molar-refractivity contribution in [3.05, 3.63) is 53.6 Å². The summed E-state index contributed by atoms with van der Waals surface area (Å²) in [5, 5.41) is 2.86. The summed E-state index contributed by atoms with van der Waals surface area (Å²) in [6.45, 7) is 9.73. The van der Waals surface area contributed by atoms with Crippen LogP contribution >= 0.6 is 0 Å². The number of anilines is 2. The van der Waals surface area contributed by atoms with Gasteiger partial charge in [-0.05, 0) is 63.1 Å². The van der Waals surface area contributed by atoms with Gasteiger partial charge in [0.1, 0.15) is 5.75 Å². The molecule has 0 unspecified atom stereocenters. The van der Waals surface area contributed by atoms with Gasteiger partial charge >= 0.3 is 0 Å². The normalized spacial score (nSPS) is 10.6. The van der Waals surface area contributed by atoms with E-state index in [0.29, 0.717) is 12.2 Å². The fraction of sp³-hybridized carbons (Fsp3) is 0.364. The zero-order chi connectivity index (χ0) is 20.0. The molecule has 144 valence electrons. The van der Waals surface area contributed by atoms with Crippen LogP contribution < -0.4 is 15.0 Å². The van der Waals surface area contributed by atoms with Crippen molar-refractivity contribution in [3.63, 3.8) is 0 Å². The van der Waals surface area contributed by atoms with Gasteiger partial charge in [-0.15, -0.1) is 0 Å². The van der Waals surface area contributed by atoms with Gasteiger partial charge in [0, 0.05) is 31.3 Å². The zero-order valence-corrected chi connectivity index (χ0v) is 16.7. The van der Waals surface area contributed by atoms with E-state index in [1.807, 2.05) is 70.2 Å². The Hall–Kier alpha value is -2.82. The Morgan fingerprint density at radius 2 is 1.63 bits per heavy atom. The van der Waals surface area contributed by atoms with Crippen LogP contribution in [0, 0.1) is 13.8 Å². The monoisotopic (exact) mass is 368 g/mol. The quantitative estimate of drug-likeness (QED) is 0.784. The maximum Gasteiger partial charge on any atom is 0.226 e. The highest BCUT2D eigenvalue weighted by atomic mass is 16.5. The Kier molecular flexibility index (Phi) is 6.99. The Morgan fingerprint density at radius 1 is 1.04 bits per heavy atom. The topological polar surface area (TPSA) is 58.6 Å².